The third kappa shape index (κ3) is 7.42. The van der Waals surface area contributed by atoms with E-state index in [-0.39, 0.29) is 24.0 Å². The summed E-state index contributed by atoms with van der Waals surface area (Å²) in [5.41, 5.74) is 2.37. The molecule has 1 heterocycles. The molecule has 0 bridgehead atoms. The van der Waals surface area contributed by atoms with Crippen LogP contribution in [0.3, 0.4) is 0 Å². The summed E-state index contributed by atoms with van der Waals surface area (Å²) in [7, 11) is 0. The Balaban J connectivity index is 0.00000312. The minimum absolute atomic E-state index is 0. The molecule has 0 saturated heterocycles. The van der Waals surface area contributed by atoms with Gasteiger partial charge in [0.2, 0.25) is 0 Å². The van der Waals surface area contributed by atoms with Gasteiger partial charge >= 0.3 is 0 Å². The van der Waals surface area contributed by atoms with Crippen molar-refractivity contribution >= 4 is 52.4 Å². The highest BCUT2D eigenvalue weighted by Crippen LogP contribution is 2.22. The maximum atomic E-state index is 6.10. The van der Waals surface area contributed by atoms with Gasteiger partial charge in [0.25, 0.3) is 0 Å². The summed E-state index contributed by atoms with van der Waals surface area (Å²) in [6.07, 6.45) is 3.89. The summed E-state index contributed by atoms with van der Waals surface area (Å²) < 4.78 is 5.33. The van der Waals surface area contributed by atoms with E-state index in [2.05, 4.69) is 33.7 Å². The first-order valence-electron chi connectivity index (χ1n) is 8.60. The molecule has 7 heteroatoms. The molecule has 2 aromatic rings. The largest absolute Gasteiger partial charge is 0.382 e. The van der Waals surface area contributed by atoms with Crippen molar-refractivity contribution in [3.8, 4) is 0 Å². The lowest BCUT2D eigenvalue weighted by atomic mass is 10.1. The molecule has 3 N–H and O–H groups in total. The number of H-pyrrole nitrogens is 1. The third-order valence-electron chi connectivity index (χ3n) is 3.68. The number of benzene rings is 1. The average Bonchev–Trinajstić information content (AvgIpc) is 2.97. The van der Waals surface area contributed by atoms with Crippen LogP contribution in [-0.2, 0) is 11.2 Å². The first-order chi connectivity index (χ1) is 11.7. The highest BCUT2D eigenvalue weighted by Gasteiger charge is 2.05. The van der Waals surface area contributed by atoms with Crippen LogP contribution in [0, 0.1) is 0 Å². The number of hydrogen-bond acceptors (Lipinski definition) is 2. The summed E-state index contributed by atoms with van der Waals surface area (Å²) in [6.45, 7) is 8.02. The van der Waals surface area contributed by atoms with Crippen LogP contribution in [0.5, 0.6) is 0 Å². The van der Waals surface area contributed by atoms with Crippen LogP contribution in [0.4, 0.5) is 0 Å². The van der Waals surface area contributed by atoms with Gasteiger partial charge in [-0.3, -0.25) is 4.99 Å². The Morgan fingerprint density at radius 1 is 1.28 bits per heavy atom. The average molecular weight is 479 g/mol. The van der Waals surface area contributed by atoms with Crippen molar-refractivity contribution in [1.29, 1.82) is 0 Å². The minimum Gasteiger partial charge on any atom is -0.382 e. The Morgan fingerprint density at radius 3 is 2.88 bits per heavy atom. The van der Waals surface area contributed by atoms with E-state index < -0.39 is 0 Å². The quantitative estimate of drug-likeness (QED) is 0.221. The molecule has 0 unspecified atom stereocenters. The lowest BCUT2D eigenvalue weighted by molar-refractivity contribution is 0.146. The topological polar surface area (TPSA) is 61.4 Å². The first-order valence-corrected chi connectivity index (χ1v) is 8.97. The van der Waals surface area contributed by atoms with Crippen LogP contribution in [0.15, 0.2) is 29.4 Å². The number of fused-ring (bicyclic) bond motifs is 1. The van der Waals surface area contributed by atoms with Crippen molar-refractivity contribution in [1.82, 2.24) is 15.6 Å². The highest BCUT2D eigenvalue weighted by molar-refractivity contribution is 14.0. The lowest BCUT2D eigenvalue weighted by Crippen LogP contribution is -2.38. The number of ether oxygens (including phenoxy) is 1. The lowest BCUT2D eigenvalue weighted by Gasteiger charge is -2.11. The Morgan fingerprint density at radius 2 is 2.12 bits per heavy atom. The number of rotatable bonds is 9. The van der Waals surface area contributed by atoms with Gasteiger partial charge in [-0.05, 0) is 50.5 Å². The van der Waals surface area contributed by atoms with E-state index in [0.29, 0.717) is 0 Å². The zero-order chi connectivity index (χ0) is 17.2. The predicted molar refractivity (Wildman–Crippen MR) is 118 cm³/mol. The molecule has 5 nitrogen and oxygen atoms in total. The second-order valence-electron chi connectivity index (χ2n) is 5.49. The van der Waals surface area contributed by atoms with Gasteiger partial charge in [-0.1, -0.05) is 11.6 Å². The Hall–Kier alpha value is -0.990. The molecule has 0 amide bonds. The van der Waals surface area contributed by atoms with Crippen molar-refractivity contribution in [2.45, 2.75) is 26.7 Å². The molecule has 0 radical (unpaired) electrons. The Bertz CT molecular complexity index is 660. The van der Waals surface area contributed by atoms with E-state index in [1.165, 1.54) is 10.9 Å². The van der Waals surface area contributed by atoms with Gasteiger partial charge in [-0.15, -0.1) is 24.0 Å². The fraction of sp³-hybridized carbons (Fsp3) is 0.500. The van der Waals surface area contributed by atoms with E-state index in [1.807, 2.05) is 25.1 Å². The monoisotopic (exact) mass is 478 g/mol. The molecule has 140 valence electrons. The van der Waals surface area contributed by atoms with Gasteiger partial charge < -0.3 is 20.4 Å². The Kier molecular flexibility index (Phi) is 10.9. The molecular formula is C18H28ClIN4O. The standard InChI is InChI=1S/C18H27ClN4O.HI/c1-3-20-18(21-9-5-11-24-4-2)22-10-8-14-13-23-17-7-6-15(19)12-16(14)17;/h6-7,12-13,23H,3-5,8-11H2,1-2H3,(H2,20,21,22);1H. The van der Waals surface area contributed by atoms with E-state index in [4.69, 9.17) is 16.3 Å². The van der Waals surface area contributed by atoms with E-state index in [0.717, 1.165) is 62.2 Å². The number of hydrogen-bond donors (Lipinski definition) is 3. The Labute approximate surface area is 172 Å². The normalized spacial score (nSPS) is 11.4. The number of guanidine groups is 1. The number of aromatic amines is 1. The summed E-state index contributed by atoms with van der Waals surface area (Å²) >= 11 is 6.10. The van der Waals surface area contributed by atoms with Crippen molar-refractivity contribution in [2.75, 3.05) is 32.8 Å². The van der Waals surface area contributed by atoms with Crippen LogP contribution < -0.4 is 10.6 Å². The smallest absolute Gasteiger partial charge is 0.191 e. The molecule has 0 aliphatic heterocycles. The van der Waals surface area contributed by atoms with E-state index in [9.17, 15) is 0 Å². The second kappa shape index (κ2) is 12.4. The molecule has 1 aromatic heterocycles. The predicted octanol–water partition coefficient (Wildman–Crippen LogP) is 3.96. The molecule has 0 aliphatic carbocycles. The molecule has 0 spiro atoms. The highest BCUT2D eigenvalue weighted by atomic mass is 127. The van der Waals surface area contributed by atoms with Crippen molar-refractivity contribution in [3.05, 3.63) is 35.0 Å². The van der Waals surface area contributed by atoms with Gasteiger partial charge in [0.05, 0.1) is 0 Å². The summed E-state index contributed by atoms with van der Waals surface area (Å²) in [5, 5.41) is 8.60. The third-order valence-corrected chi connectivity index (χ3v) is 3.92. The van der Waals surface area contributed by atoms with Gasteiger partial charge in [0.15, 0.2) is 5.96 Å². The number of aliphatic imine (C=N–C) groups is 1. The summed E-state index contributed by atoms with van der Waals surface area (Å²) in [5.74, 6) is 0.854. The van der Waals surface area contributed by atoms with Crippen LogP contribution in [0.25, 0.3) is 10.9 Å². The van der Waals surface area contributed by atoms with Crippen LogP contribution >= 0.6 is 35.6 Å². The van der Waals surface area contributed by atoms with Crippen molar-refractivity contribution in [2.24, 2.45) is 4.99 Å². The molecule has 0 aliphatic rings. The fourth-order valence-electron chi connectivity index (χ4n) is 2.52. The zero-order valence-corrected chi connectivity index (χ0v) is 18.0. The summed E-state index contributed by atoms with van der Waals surface area (Å²) in [6, 6.07) is 5.93. The number of halogens is 2. The minimum atomic E-state index is 0. The fourth-order valence-corrected chi connectivity index (χ4v) is 2.69. The SMILES string of the molecule is CCNC(=NCCCOCC)NCCc1c[nH]c2ccc(Cl)cc12.I. The van der Waals surface area contributed by atoms with Gasteiger partial charge in [0, 0.05) is 55.0 Å². The molecule has 0 atom stereocenters. The number of nitrogens with zero attached hydrogens (tertiary/aromatic N) is 1. The molecule has 2 rings (SSSR count). The van der Waals surface area contributed by atoms with Crippen LogP contribution in [0.1, 0.15) is 25.8 Å². The molecule has 25 heavy (non-hydrogen) atoms. The van der Waals surface area contributed by atoms with Crippen LogP contribution in [-0.4, -0.2) is 43.8 Å². The molecule has 0 fully saturated rings. The van der Waals surface area contributed by atoms with Gasteiger partial charge in [0.1, 0.15) is 0 Å². The van der Waals surface area contributed by atoms with Gasteiger partial charge in [-0.2, -0.15) is 0 Å². The van der Waals surface area contributed by atoms with E-state index in [1.54, 1.807) is 0 Å². The first kappa shape index (κ1) is 22.1. The molecule has 0 saturated carbocycles. The maximum Gasteiger partial charge on any atom is 0.191 e. The maximum absolute atomic E-state index is 6.10. The zero-order valence-electron chi connectivity index (χ0n) is 14.9. The van der Waals surface area contributed by atoms with E-state index >= 15 is 0 Å². The second-order valence-corrected chi connectivity index (χ2v) is 5.93. The molecule has 1 aromatic carbocycles. The van der Waals surface area contributed by atoms with Crippen molar-refractivity contribution in [3.63, 3.8) is 0 Å². The molecular weight excluding hydrogens is 451 g/mol. The van der Waals surface area contributed by atoms with Crippen LogP contribution in [0.2, 0.25) is 5.02 Å². The number of aromatic nitrogens is 1. The van der Waals surface area contributed by atoms with Crippen molar-refractivity contribution < 1.29 is 4.74 Å². The number of nitrogens with one attached hydrogen (secondary N) is 3. The summed E-state index contributed by atoms with van der Waals surface area (Å²) in [4.78, 5) is 7.85. The van der Waals surface area contributed by atoms with Gasteiger partial charge in [-0.25, -0.2) is 0 Å².